The predicted molar refractivity (Wildman–Crippen MR) is 124 cm³/mol. The number of ether oxygens (including phenoxy) is 2. The average Bonchev–Trinajstić information content (AvgIpc) is 2.79. The van der Waals surface area contributed by atoms with Gasteiger partial charge in [0.25, 0.3) is 0 Å². The van der Waals surface area contributed by atoms with Crippen molar-refractivity contribution in [1.82, 2.24) is 4.98 Å². The van der Waals surface area contributed by atoms with Crippen molar-refractivity contribution >= 4 is 27.6 Å². The highest BCUT2D eigenvalue weighted by atomic mass is 19.1. The number of benzene rings is 3. The standard InChI is InChI=1S/C27H24FNO3/c1-4-31-23(30)14-20-16(3)13-21-18(6-5-15(2)26(21)28)25(20)19-7-8-22-24-17(10-12-32-22)9-11-29-27(19)24/h5-9,11,13H,4,10,12,14H2,1-3H3. The topological polar surface area (TPSA) is 48.4 Å². The van der Waals surface area contributed by atoms with Gasteiger partial charge in [-0.05, 0) is 78.2 Å². The van der Waals surface area contributed by atoms with Crippen LogP contribution in [0, 0.1) is 19.7 Å². The number of nitrogens with zero attached hydrogens (tertiary/aromatic N) is 1. The molecule has 0 spiro atoms. The zero-order valence-corrected chi connectivity index (χ0v) is 18.4. The summed E-state index contributed by atoms with van der Waals surface area (Å²) in [5.41, 5.74) is 5.95. The van der Waals surface area contributed by atoms with E-state index in [9.17, 15) is 4.79 Å². The van der Waals surface area contributed by atoms with Crippen molar-refractivity contribution in [2.24, 2.45) is 0 Å². The smallest absolute Gasteiger partial charge is 0.310 e. The van der Waals surface area contributed by atoms with Crippen LogP contribution in [-0.4, -0.2) is 24.2 Å². The summed E-state index contributed by atoms with van der Waals surface area (Å²) in [6.07, 6.45) is 2.73. The molecule has 0 aliphatic carbocycles. The van der Waals surface area contributed by atoms with Crippen LogP contribution in [0.3, 0.4) is 0 Å². The lowest BCUT2D eigenvalue weighted by Gasteiger charge is -2.22. The third-order valence-corrected chi connectivity index (χ3v) is 6.25. The van der Waals surface area contributed by atoms with Crippen LogP contribution in [0.4, 0.5) is 4.39 Å². The molecule has 0 saturated heterocycles. The molecule has 0 radical (unpaired) electrons. The Labute approximate surface area is 186 Å². The molecule has 0 bridgehead atoms. The molecule has 4 nitrogen and oxygen atoms in total. The third kappa shape index (κ3) is 3.20. The van der Waals surface area contributed by atoms with Crippen molar-refractivity contribution in [2.45, 2.75) is 33.6 Å². The summed E-state index contributed by atoms with van der Waals surface area (Å²) < 4.78 is 26.3. The maximum atomic E-state index is 15.2. The minimum Gasteiger partial charge on any atom is -0.493 e. The zero-order valence-electron chi connectivity index (χ0n) is 18.4. The van der Waals surface area contributed by atoms with Gasteiger partial charge in [-0.1, -0.05) is 12.1 Å². The molecule has 0 fully saturated rings. The van der Waals surface area contributed by atoms with E-state index >= 15 is 4.39 Å². The fourth-order valence-corrected chi connectivity index (χ4v) is 4.72. The maximum Gasteiger partial charge on any atom is 0.310 e. The molecule has 162 valence electrons. The van der Waals surface area contributed by atoms with Crippen LogP contribution < -0.4 is 4.74 Å². The number of hydrogen-bond acceptors (Lipinski definition) is 4. The summed E-state index contributed by atoms with van der Waals surface area (Å²) in [6, 6.07) is 11.5. The van der Waals surface area contributed by atoms with E-state index in [4.69, 9.17) is 14.5 Å². The Bertz CT molecular complexity index is 1380. The minimum atomic E-state index is -0.303. The van der Waals surface area contributed by atoms with Crippen LogP contribution in [-0.2, 0) is 22.4 Å². The van der Waals surface area contributed by atoms with Crippen molar-refractivity contribution in [1.29, 1.82) is 0 Å². The lowest BCUT2D eigenvalue weighted by atomic mass is 9.86. The Balaban J connectivity index is 1.88. The number of rotatable bonds is 4. The Morgan fingerprint density at radius 1 is 1.12 bits per heavy atom. The first-order valence-electron chi connectivity index (χ1n) is 10.9. The molecule has 0 N–H and O–H groups in total. The second-order valence-corrected chi connectivity index (χ2v) is 8.22. The van der Waals surface area contributed by atoms with Gasteiger partial charge < -0.3 is 9.47 Å². The molecular formula is C27H24FNO3. The minimum absolute atomic E-state index is 0.111. The maximum absolute atomic E-state index is 15.2. The summed E-state index contributed by atoms with van der Waals surface area (Å²) in [7, 11) is 0. The van der Waals surface area contributed by atoms with Crippen molar-refractivity contribution in [3.05, 3.63) is 70.7 Å². The highest BCUT2D eigenvalue weighted by Gasteiger charge is 2.23. The third-order valence-electron chi connectivity index (χ3n) is 6.25. The van der Waals surface area contributed by atoms with E-state index < -0.39 is 0 Å². The van der Waals surface area contributed by atoms with Crippen molar-refractivity contribution in [3.63, 3.8) is 0 Å². The molecule has 0 saturated carbocycles. The highest BCUT2D eigenvalue weighted by Crippen LogP contribution is 2.43. The molecule has 5 rings (SSSR count). The fourth-order valence-electron chi connectivity index (χ4n) is 4.72. The molecule has 1 aromatic heterocycles. The number of carbonyl (C=O) groups is 1. The number of pyridine rings is 1. The van der Waals surface area contributed by atoms with Gasteiger partial charge in [-0.25, -0.2) is 4.39 Å². The van der Waals surface area contributed by atoms with Gasteiger partial charge in [0.2, 0.25) is 0 Å². The molecule has 2 heterocycles. The quantitative estimate of drug-likeness (QED) is 0.382. The second-order valence-electron chi connectivity index (χ2n) is 8.22. The summed E-state index contributed by atoms with van der Waals surface area (Å²) >= 11 is 0. The van der Waals surface area contributed by atoms with Gasteiger partial charge >= 0.3 is 5.97 Å². The number of aromatic nitrogens is 1. The van der Waals surface area contributed by atoms with Crippen LogP contribution in [0.1, 0.15) is 29.2 Å². The number of halogens is 1. The van der Waals surface area contributed by atoms with E-state index in [0.29, 0.717) is 24.2 Å². The molecule has 3 aromatic carbocycles. The summed E-state index contributed by atoms with van der Waals surface area (Å²) in [6.45, 7) is 6.42. The van der Waals surface area contributed by atoms with E-state index in [1.54, 1.807) is 19.9 Å². The highest BCUT2D eigenvalue weighted by molar-refractivity contribution is 6.08. The van der Waals surface area contributed by atoms with Gasteiger partial charge in [0.05, 0.1) is 25.2 Å². The van der Waals surface area contributed by atoms with Gasteiger partial charge in [-0.3, -0.25) is 9.78 Å². The number of aryl methyl sites for hydroxylation is 2. The Morgan fingerprint density at radius 2 is 1.97 bits per heavy atom. The van der Waals surface area contributed by atoms with Crippen LogP contribution >= 0.6 is 0 Å². The van der Waals surface area contributed by atoms with E-state index in [2.05, 4.69) is 0 Å². The van der Waals surface area contributed by atoms with Crippen molar-refractivity contribution in [2.75, 3.05) is 13.2 Å². The van der Waals surface area contributed by atoms with Gasteiger partial charge in [0, 0.05) is 29.0 Å². The molecule has 0 amide bonds. The van der Waals surface area contributed by atoms with Gasteiger partial charge in [-0.2, -0.15) is 0 Å². The largest absolute Gasteiger partial charge is 0.493 e. The predicted octanol–water partition coefficient (Wildman–Crippen LogP) is 5.85. The van der Waals surface area contributed by atoms with Crippen molar-refractivity contribution < 1.29 is 18.7 Å². The SMILES string of the molecule is CCOC(=O)Cc1c(C)cc2c(F)c(C)ccc2c1-c1ccc2c3c(ccnc13)CCO2. The number of carbonyl (C=O) groups excluding carboxylic acids is 1. The Morgan fingerprint density at radius 3 is 2.78 bits per heavy atom. The zero-order chi connectivity index (χ0) is 22.4. The molecule has 0 atom stereocenters. The van der Waals surface area contributed by atoms with Crippen molar-refractivity contribution in [3.8, 4) is 16.9 Å². The van der Waals surface area contributed by atoms with E-state index in [0.717, 1.165) is 50.7 Å². The molecule has 5 heteroatoms. The molecule has 32 heavy (non-hydrogen) atoms. The fraction of sp³-hybridized carbons (Fsp3) is 0.259. The van der Waals surface area contributed by atoms with Crippen LogP contribution in [0.15, 0.2) is 42.6 Å². The normalized spacial score (nSPS) is 12.8. The summed E-state index contributed by atoms with van der Waals surface area (Å²) in [5.74, 6) is 0.264. The lowest BCUT2D eigenvalue weighted by Crippen LogP contribution is -2.11. The molecule has 4 aromatic rings. The number of esters is 1. The molecular weight excluding hydrogens is 405 g/mol. The lowest BCUT2D eigenvalue weighted by molar-refractivity contribution is -0.142. The summed E-state index contributed by atoms with van der Waals surface area (Å²) in [4.78, 5) is 17.2. The van der Waals surface area contributed by atoms with Gasteiger partial charge in [-0.15, -0.1) is 0 Å². The first-order chi connectivity index (χ1) is 15.5. The molecule has 1 aliphatic rings. The van der Waals surface area contributed by atoms with E-state index in [-0.39, 0.29) is 18.2 Å². The van der Waals surface area contributed by atoms with E-state index in [1.807, 2.05) is 43.5 Å². The van der Waals surface area contributed by atoms with Crippen LogP contribution in [0.2, 0.25) is 0 Å². The van der Waals surface area contributed by atoms with Gasteiger partial charge in [0.1, 0.15) is 11.6 Å². The number of hydrogen-bond donors (Lipinski definition) is 0. The van der Waals surface area contributed by atoms with Crippen LogP contribution in [0.5, 0.6) is 5.75 Å². The second kappa shape index (κ2) is 7.90. The Kier molecular flexibility index (Phi) is 5.04. The van der Waals surface area contributed by atoms with Gasteiger partial charge in [0.15, 0.2) is 0 Å². The summed E-state index contributed by atoms with van der Waals surface area (Å²) in [5, 5.41) is 2.29. The average molecular weight is 429 g/mol. The van der Waals surface area contributed by atoms with Crippen LogP contribution in [0.25, 0.3) is 32.8 Å². The first-order valence-corrected chi connectivity index (χ1v) is 10.9. The molecule has 0 unspecified atom stereocenters. The van der Waals surface area contributed by atoms with E-state index in [1.165, 1.54) is 5.56 Å². The Hall–Kier alpha value is -3.47. The monoisotopic (exact) mass is 429 g/mol. The number of fused-ring (bicyclic) bond motifs is 1. The molecule has 1 aliphatic heterocycles. The first kappa shape index (κ1) is 20.4.